The van der Waals surface area contributed by atoms with Gasteiger partial charge in [0.1, 0.15) is 17.3 Å². The summed E-state index contributed by atoms with van der Waals surface area (Å²) < 4.78 is 31.9. The van der Waals surface area contributed by atoms with Gasteiger partial charge in [0.15, 0.2) is 0 Å². The van der Waals surface area contributed by atoms with Crippen LogP contribution in [0.25, 0.3) is 0 Å². The standard InChI is InChI=1S/C14H21F2N3O2/c1-19(2)7-9-21-8-6-17-10-13(20)18-14-11(15)4-3-5-12(14)16/h3-5,17H,6-10H2,1-2H3,(H,18,20). The summed E-state index contributed by atoms with van der Waals surface area (Å²) in [7, 11) is 3.90. The van der Waals surface area contributed by atoms with Gasteiger partial charge in [-0.1, -0.05) is 6.07 Å². The maximum Gasteiger partial charge on any atom is 0.238 e. The number of hydrogen-bond donors (Lipinski definition) is 2. The molecule has 0 saturated carbocycles. The van der Waals surface area contributed by atoms with Crippen LogP contribution in [0.15, 0.2) is 18.2 Å². The first-order valence-electron chi connectivity index (χ1n) is 6.67. The van der Waals surface area contributed by atoms with Crippen LogP contribution >= 0.6 is 0 Å². The van der Waals surface area contributed by atoms with Crippen LogP contribution in [-0.4, -0.2) is 57.8 Å². The van der Waals surface area contributed by atoms with E-state index >= 15 is 0 Å². The van der Waals surface area contributed by atoms with Crippen LogP contribution in [-0.2, 0) is 9.53 Å². The summed E-state index contributed by atoms with van der Waals surface area (Å²) in [5, 5.41) is 5.03. The van der Waals surface area contributed by atoms with Crippen LogP contribution in [0.3, 0.4) is 0 Å². The summed E-state index contributed by atoms with van der Waals surface area (Å²) in [6.07, 6.45) is 0. The fourth-order valence-electron chi connectivity index (χ4n) is 1.50. The SMILES string of the molecule is CN(C)CCOCCNCC(=O)Nc1c(F)cccc1F. The summed E-state index contributed by atoms with van der Waals surface area (Å²) in [6.45, 7) is 2.36. The summed E-state index contributed by atoms with van der Waals surface area (Å²) in [5.41, 5.74) is -0.425. The predicted octanol–water partition coefficient (Wildman–Crippen LogP) is 1.07. The van der Waals surface area contributed by atoms with Gasteiger partial charge in [0.05, 0.1) is 19.8 Å². The Morgan fingerprint density at radius 2 is 1.90 bits per heavy atom. The molecular formula is C14H21F2N3O2. The second-order valence-corrected chi connectivity index (χ2v) is 4.74. The van der Waals surface area contributed by atoms with Gasteiger partial charge in [-0.3, -0.25) is 4.79 Å². The number of carbonyl (C=O) groups excluding carboxylic acids is 1. The number of nitrogens with zero attached hydrogens (tertiary/aromatic N) is 1. The van der Waals surface area contributed by atoms with Gasteiger partial charge in [-0.25, -0.2) is 8.78 Å². The molecule has 0 unspecified atom stereocenters. The highest BCUT2D eigenvalue weighted by Gasteiger charge is 2.11. The van der Waals surface area contributed by atoms with Crippen LogP contribution < -0.4 is 10.6 Å². The van der Waals surface area contributed by atoms with Gasteiger partial charge in [0.25, 0.3) is 0 Å². The van der Waals surface area contributed by atoms with Gasteiger partial charge < -0.3 is 20.3 Å². The van der Waals surface area contributed by atoms with Crippen molar-refractivity contribution in [3.05, 3.63) is 29.8 Å². The first kappa shape index (κ1) is 17.5. The molecule has 0 aliphatic heterocycles. The van der Waals surface area contributed by atoms with Gasteiger partial charge >= 0.3 is 0 Å². The molecule has 0 radical (unpaired) electrons. The quantitative estimate of drug-likeness (QED) is 0.670. The number of carbonyl (C=O) groups is 1. The summed E-state index contributed by atoms with van der Waals surface area (Å²) in [6, 6.07) is 3.42. The Morgan fingerprint density at radius 3 is 2.52 bits per heavy atom. The summed E-state index contributed by atoms with van der Waals surface area (Å²) >= 11 is 0. The number of ether oxygens (including phenoxy) is 1. The average molecular weight is 301 g/mol. The molecule has 118 valence electrons. The molecule has 1 amide bonds. The molecule has 0 aliphatic carbocycles. The average Bonchev–Trinajstić information content (AvgIpc) is 2.41. The fourth-order valence-corrected chi connectivity index (χ4v) is 1.50. The first-order valence-corrected chi connectivity index (χ1v) is 6.67. The van der Waals surface area contributed by atoms with Crippen LogP contribution in [0.2, 0.25) is 0 Å². The van der Waals surface area contributed by atoms with E-state index in [2.05, 4.69) is 10.6 Å². The third kappa shape index (κ3) is 7.12. The van der Waals surface area contributed by atoms with Crippen molar-refractivity contribution in [1.82, 2.24) is 10.2 Å². The molecule has 7 heteroatoms. The molecule has 0 atom stereocenters. The minimum absolute atomic E-state index is 0.0369. The van der Waals surface area contributed by atoms with Crippen molar-refractivity contribution in [2.75, 3.05) is 52.3 Å². The van der Waals surface area contributed by atoms with Crippen LogP contribution in [0, 0.1) is 11.6 Å². The topological polar surface area (TPSA) is 53.6 Å². The molecule has 2 N–H and O–H groups in total. The van der Waals surface area contributed by atoms with Gasteiger partial charge in [0, 0.05) is 13.1 Å². The van der Waals surface area contributed by atoms with Crippen molar-refractivity contribution in [3.63, 3.8) is 0 Å². The molecule has 0 saturated heterocycles. The Morgan fingerprint density at radius 1 is 1.24 bits per heavy atom. The summed E-state index contributed by atoms with van der Waals surface area (Å²) in [4.78, 5) is 13.5. The lowest BCUT2D eigenvalue weighted by atomic mass is 10.3. The number of amides is 1. The summed E-state index contributed by atoms with van der Waals surface area (Å²) in [5.74, 6) is -2.10. The van der Waals surface area contributed by atoms with Crippen molar-refractivity contribution in [2.45, 2.75) is 0 Å². The zero-order valence-corrected chi connectivity index (χ0v) is 12.3. The van der Waals surface area contributed by atoms with Crippen molar-refractivity contribution >= 4 is 11.6 Å². The Kier molecular flexibility index (Phi) is 7.81. The molecule has 1 aromatic rings. The lowest BCUT2D eigenvalue weighted by molar-refractivity contribution is -0.115. The van der Waals surface area contributed by atoms with E-state index < -0.39 is 23.2 Å². The highest BCUT2D eigenvalue weighted by molar-refractivity contribution is 5.92. The fraction of sp³-hybridized carbons (Fsp3) is 0.500. The smallest absolute Gasteiger partial charge is 0.238 e. The van der Waals surface area contributed by atoms with Crippen LogP contribution in [0.4, 0.5) is 14.5 Å². The molecule has 21 heavy (non-hydrogen) atoms. The number of hydrogen-bond acceptors (Lipinski definition) is 4. The molecule has 1 rings (SSSR count). The van der Waals surface area contributed by atoms with Gasteiger partial charge in [-0.05, 0) is 26.2 Å². The van der Waals surface area contributed by atoms with Crippen molar-refractivity contribution in [3.8, 4) is 0 Å². The van der Waals surface area contributed by atoms with E-state index in [1.807, 2.05) is 19.0 Å². The molecule has 5 nitrogen and oxygen atoms in total. The Labute approximate surface area is 123 Å². The first-order chi connectivity index (χ1) is 10.0. The number of rotatable bonds is 9. The van der Waals surface area contributed by atoms with E-state index in [0.717, 1.165) is 18.7 Å². The zero-order chi connectivity index (χ0) is 15.7. The second kappa shape index (κ2) is 9.38. The zero-order valence-electron chi connectivity index (χ0n) is 12.3. The number of para-hydroxylation sites is 1. The number of anilines is 1. The largest absolute Gasteiger partial charge is 0.379 e. The van der Waals surface area contributed by atoms with E-state index in [-0.39, 0.29) is 6.54 Å². The lowest BCUT2D eigenvalue weighted by Crippen LogP contribution is -2.31. The Hall–Kier alpha value is -1.57. The number of likely N-dealkylation sites (N-methyl/N-ethyl adjacent to an activating group) is 1. The molecule has 0 aromatic heterocycles. The highest BCUT2D eigenvalue weighted by Crippen LogP contribution is 2.17. The normalized spacial score (nSPS) is 10.9. The maximum atomic E-state index is 13.3. The molecular weight excluding hydrogens is 280 g/mol. The van der Waals surface area contributed by atoms with Crippen molar-refractivity contribution < 1.29 is 18.3 Å². The van der Waals surface area contributed by atoms with Crippen LogP contribution in [0.1, 0.15) is 0 Å². The monoisotopic (exact) mass is 301 g/mol. The molecule has 0 heterocycles. The van der Waals surface area contributed by atoms with Crippen molar-refractivity contribution in [2.24, 2.45) is 0 Å². The lowest BCUT2D eigenvalue weighted by Gasteiger charge is -2.10. The van der Waals surface area contributed by atoms with Gasteiger partial charge in [0.2, 0.25) is 5.91 Å². The number of nitrogens with one attached hydrogen (secondary N) is 2. The molecule has 0 spiro atoms. The van der Waals surface area contributed by atoms with Gasteiger partial charge in [-0.2, -0.15) is 0 Å². The van der Waals surface area contributed by atoms with E-state index in [4.69, 9.17) is 4.74 Å². The molecule has 0 fully saturated rings. The van der Waals surface area contributed by atoms with E-state index in [0.29, 0.717) is 19.8 Å². The van der Waals surface area contributed by atoms with Crippen LogP contribution in [0.5, 0.6) is 0 Å². The Bertz CT molecular complexity index is 436. The van der Waals surface area contributed by atoms with E-state index in [9.17, 15) is 13.6 Å². The molecule has 0 bridgehead atoms. The Balaban J connectivity index is 2.17. The third-order valence-electron chi connectivity index (χ3n) is 2.62. The molecule has 0 aliphatic rings. The minimum Gasteiger partial charge on any atom is -0.379 e. The second-order valence-electron chi connectivity index (χ2n) is 4.74. The highest BCUT2D eigenvalue weighted by atomic mass is 19.1. The van der Waals surface area contributed by atoms with Gasteiger partial charge in [-0.15, -0.1) is 0 Å². The van der Waals surface area contributed by atoms with E-state index in [1.54, 1.807) is 0 Å². The third-order valence-corrected chi connectivity index (χ3v) is 2.62. The number of benzene rings is 1. The van der Waals surface area contributed by atoms with Crippen molar-refractivity contribution in [1.29, 1.82) is 0 Å². The minimum atomic E-state index is -0.796. The maximum absolute atomic E-state index is 13.3. The molecule has 1 aromatic carbocycles. The predicted molar refractivity (Wildman–Crippen MR) is 77.2 cm³/mol. The van der Waals surface area contributed by atoms with E-state index in [1.165, 1.54) is 6.07 Å². The number of halogens is 2.